The summed E-state index contributed by atoms with van der Waals surface area (Å²) >= 11 is 0. The quantitative estimate of drug-likeness (QED) is 0.849. The molecule has 7 heteroatoms. The molecule has 0 saturated carbocycles. The first kappa shape index (κ1) is 14.8. The Morgan fingerprint density at radius 2 is 2.45 bits per heavy atom. The van der Waals surface area contributed by atoms with E-state index < -0.39 is 0 Å². The second kappa shape index (κ2) is 6.74. The third kappa shape index (κ3) is 3.36. The molecule has 1 aliphatic rings. The monoisotopic (exact) mass is 303 g/mol. The van der Waals surface area contributed by atoms with Crippen LogP contribution < -0.4 is 0 Å². The van der Waals surface area contributed by atoms with Gasteiger partial charge in [0.2, 0.25) is 0 Å². The highest BCUT2D eigenvalue weighted by Crippen LogP contribution is 2.22. The van der Waals surface area contributed by atoms with Crippen LogP contribution in [-0.2, 0) is 11.3 Å². The van der Waals surface area contributed by atoms with Crippen molar-refractivity contribution in [2.24, 2.45) is 0 Å². The molecule has 0 radical (unpaired) electrons. The molecule has 3 rings (SSSR count). The topological polar surface area (TPSA) is 76.0 Å². The van der Waals surface area contributed by atoms with Crippen LogP contribution in [0.4, 0.5) is 0 Å². The van der Waals surface area contributed by atoms with Gasteiger partial charge in [-0.2, -0.15) is 10.2 Å². The highest BCUT2D eigenvalue weighted by molar-refractivity contribution is 5.88. The van der Waals surface area contributed by atoms with Gasteiger partial charge >= 0.3 is 5.97 Å². The normalized spacial score (nSPS) is 19.2. The van der Waals surface area contributed by atoms with Gasteiger partial charge in [-0.3, -0.25) is 14.7 Å². The van der Waals surface area contributed by atoms with Crippen molar-refractivity contribution in [1.29, 1.82) is 0 Å². The van der Waals surface area contributed by atoms with Crippen LogP contribution >= 0.6 is 0 Å². The summed E-state index contributed by atoms with van der Waals surface area (Å²) in [5.41, 5.74) is 1.64. The molecule has 22 heavy (non-hydrogen) atoms. The zero-order valence-corrected chi connectivity index (χ0v) is 12.7. The minimum atomic E-state index is -0.307. The van der Waals surface area contributed by atoms with Crippen LogP contribution in [0.5, 0.6) is 0 Å². The lowest BCUT2D eigenvalue weighted by molar-refractivity contribution is 0.0526. The Bertz CT molecular complexity index is 607. The molecule has 1 saturated heterocycles. The Morgan fingerprint density at radius 3 is 3.23 bits per heavy atom. The van der Waals surface area contributed by atoms with Crippen molar-refractivity contribution < 1.29 is 9.53 Å². The number of aromatic amines is 1. The molecule has 0 aromatic carbocycles. The smallest absolute Gasteiger partial charge is 0.341 e. The fourth-order valence-electron chi connectivity index (χ4n) is 2.86. The average Bonchev–Trinajstić information content (AvgIpc) is 3.19. The summed E-state index contributed by atoms with van der Waals surface area (Å²) in [5.74, 6) is -0.307. The number of hydrogen-bond donors (Lipinski definition) is 1. The van der Waals surface area contributed by atoms with Gasteiger partial charge in [0, 0.05) is 31.2 Å². The van der Waals surface area contributed by atoms with Gasteiger partial charge in [-0.15, -0.1) is 0 Å². The zero-order valence-electron chi connectivity index (χ0n) is 12.7. The van der Waals surface area contributed by atoms with Crippen molar-refractivity contribution in [1.82, 2.24) is 24.9 Å². The first-order valence-corrected chi connectivity index (χ1v) is 7.68. The van der Waals surface area contributed by atoms with Gasteiger partial charge in [-0.05, 0) is 32.4 Å². The van der Waals surface area contributed by atoms with E-state index in [-0.39, 0.29) is 5.97 Å². The van der Waals surface area contributed by atoms with Crippen LogP contribution in [0, 0.1) is 0 Å². The van der Waals surface area contributed by atoms with Gasteiger partial charge in [-0.1, -0.05) is 0 Å². The van der Waals surface area contributed by atoms with Crippen molar-refractivity contribution in [3.05, 3.63) is 35.9 Å². The maximum atomic E-state index is 11.7. The number of hydrogen-bond acceptors (Lipinski definition) is 5. The minimum absolute atomic E-state index is 0.292. The maximum Gasteiger partial charge on any atom is 0.341 e. The summed E-state index contributed by atoms with van der Waals surface area (Å²) in [6, 6.07) is 2.29. The summed E-state index contributed by atoms with van der Waals surface area (Å²) in [6.07, 6.45) is 7.35. The number of H-pyrrole nitrogens is 1. The van der Waals surface area contributed by atoms with Gasteiger partial charge in [0.15, 0.2) is 0 Å². The van der Waals surface area contributed by atoms with E-state index in [1.807, 2.05) is 10.7 Å². The maximum absolute atomic E-state index is 11.7. The Morgan fingerprint density at radius 1 is 1.55 bits per heavy atom. The van der Waals surface area contributed by atoms with Crippen molar-refractivity contribution in [3.63, 3.8) is 0 Å². The second-order valence-corrected chi connectivity index (χ2v) is 5.54. The lowest BCUT2D eigenvalue weighted by Gasteiger charge is -2.32. The van der Waals surface area contributed by atoms with E-state index in [2.05, 4.69) is 20.2 Å². The molecule has 1 atom stereocenters. The summed E-state index contributed by atoms with van der Waals surface area (Å²) in [7, 11) is 0. The molecule has 0 bridgehead atoms. The second-order valence-electron chi connectivity index (χ2n) is 5.54. The summed E-state index contributed by atoms with van der Waals surface area (Å²) < 4.78 is 6.90. The largest absolute Gasteiger partial charge is 0.462 e. The molecule has 7 nitrogen and oxygen atoms in total. The van der Waals surface area contributed by atoms with Crippen molar-refractivity contribution in [2.45, 2.75) is 32.4 Å². The molecule has 2 aromatic heterocycles. The van der Waals surface area contributed by atoms with Crippen molar-refractivity contribution >= 4 is 5.97 Å². The standard InChI is InChI=1S/C15H21N5O2/c1-2-22-15(21)12-8-17-20(9-12)14-4-3-7-19(11-14)10-13-5-6-16-18-13/h5-6,8-9,14H,2-4,7,10-11H2,1H3,(H,16,18)/t14-/m1/s1. The fourth-order valence-corrected chi connectivity index (χ4v) is 2.86. The molecule has 1 fully saturated rings. The number of nitrogens with zero attached hydrogens (tertiary/aromatic N) is 4. The highest BCUT2D eigenvalue weighted by Gasteiger charge is 2.23. The summed E-state index contributed by atoms with van der Waals surface area (Å²) in [4.78, 5) is 14.1. The number of likely N-dealkylation sites (tertiary alicyclic amines) is 1. The predicted molar refractivity (Wildman–Crippen MR) is 80.3 cm³/mol. The van der Waals surface area contributed by atoms with E-state index in [4.69, 9.17) is 4.74 Å². The molecular weight excluding hydrogens is 282 g/mol. The average molecular weight is 303 g/mol. The molecule has 0 aliphatic carbocycles. The third-order valence-electron chi connectivity index (χ3n) is 3.92. The predicted octanol–water partition coefficient (Wildman–Crippen LogP) is 1.62. The van der Waals surface area contributed by atoms with Gasteiger partial charge in [0.25, 0.3) is 0 Å². The lowest BCUT2D eigenvalue weighted by atomic mass is 10.1. The van der Waals surface area contributed by atoms with E-state index >= 15 is 0 Å². The van der Waals surface area contributed by atoms with Crippen LogP contribution in [0.25, 0.3) is 0 Å². The Labute approximate surface area is 129 Å². The van der Waals surface area contributed by atoms with Crippen molar-refractivity contribution in [3.8, 4) is 0 Å². The minimum Gasteiger partial charge on any atom is -0.462 e. The lowest BCUT2D eigenvalue weighted by Crippen LogP contribution is -2.36. The Hall–Kier alpha value is -2.15. The molecule has 2 aromatic rings. The van der Waals surface area contributed by atoms with Crippen LogP contribution in [0.15, 0.2) is 24.7 Å². The number of esters is 1. The van der Waals surface area contributed by atoms with Crippen LogP contribution in [-0.4, -0.2) is 50.5 Å². The van der Waals surface area contributed by atoms with Crippen LogP contribution in [0.1, 0.15) is 41.9 Å². The Kier molecular flexibility index (Phi) is 4.53. The number of carbonyl (C=O) groups is 1. The zero-order chi connectivity index (χ0) is 15.4. The number of piperidine rings is 1. The molecule has 1 aliphatic heterocycles. The van der Waals surface area contributed by atoms with Gasteiger partial charge in [0.05, 0.1) is 24.4 Å². The van der Waals surface area contributed by atoms with Crippen molar-refractivity contribution in [2.75, 3.05) is 19.7 Å². The highest BCUT2D eigenvalue weighted by atomic mass is 16.5. The molecular formula is C15H21N5O2. The van der Waals surface area contributed by atoms with E-state index in [0.717, 1.165) is 38.2 Å². The fraction of sp³-hybridized carbons (Fsp3) is 0.533. The Balaban J connectivity index is 1.63. The first-order chi connectivity index (χ1) is 10.8. The number of aromatic nitrogens is 4. The number of ether oxygens (including phenoxy) is 1. The van der Waals surface area contributed by atoms with E-state index in [0.29, 0.717) is 18.2 Å². The summed E-state index contributed by atoms with van der Waals surface area (Å²) in [6.45, 7) is 5.04. The molecule has 0 unspecified atom stereocenters. The number of rotatable bonds is 5. The van der Waals surface area contributed by atoms with E-state index in [1.165, 1.54) is 0 Å². The number of carbonyl (C=O) groups excluding carboxylic acids is 1. The van der Waals surface area contributed by atoms with Gasteiger partial charge in [-0.25, -0.2) is 4.79 Å². The SMILES string of the molecule is CCOC(=O)c1cnn([C@@H]2CCCN(Cc3ccn[nH]3)C2)c1. The van der Waals surface area contributed by atoms with Crippen LogP contribution in [0.3, 0.4) is 0 Å². The molecule has 0 amide bonds. The first-order valence-electron chi connectivity index (χ1n) is 7.68. The molecule has 118 valence electrons. The molecule has 0 spiro atoms. The molecule has 3 heterocycles. The number of nitrogens with one attached hydrogen (secondary N) is 1. The summed E-state index contributed by atoms with van der Waals surface area (Å²) in [5, 5.41) is 11.3. The third-order valence-corrected chi connectivity index (χ3v) is 3.92. The van der Waals surface area contributed by atoms with Gasteiger partial charge in [0.1, 0.15) is 0 Å². The van der Waals surface area contributed by atoms with E-state index in [9.17, 15) is 4.79 Å². The molecule has 1 N–H and O–H groups in total. The van der Waals surface area contributed by atoms with Crippen LogP contribution in [0.2, 0.25) is 0 Å². The van der Waals surface area contributed by atoms with Gasteiger partial charge < -0.3 is 4.74 Å². The van der Waals surface area contributed by atoms with E-state index in [1.54, 1.807) is 25.5 Å².